The Morgan fingerprint density at radius 1 is 0.925 bits per heavy atom. The van der Waals surface area contributed by atoms with Crippen molar-refractivity contribution in [2.75, 3.05) is 26.9 Å². The van der Waals surface area contributed by atoms with Crippen molar-refractivity contribution in [3.8, 4) is 17.7 Å². The highest BCUT2D eigenvalue weighted by Gasteiger charge is 2.30. The molecule has 1 aromatic carbocycles. The van der Waals surface area contributed by atoms with Crippen LogP contribution in [0.5, 0.6) is 11.6 Å². The van der Waals surface area contributed by atoms with Gasteiger partial charge in [0.2, 0.25) is 5.88 Å². The Kier molecular flexibility index (Phi) is 17.6. The van der Waals surface area contributed by atoms with Gasteiger partial charge in [-0.15, -0.1) is 0 Å². The zero-order valence-electron chi connectivity index (χ0n) is 23.9. The van der Waals surface area contributed by atoms with E-state index in [0.29, 0.717) is 18.1 Å². The molecule has 10 heteroatoms. The number of phosphoric ester groups is 1. The van der Waals surface area contributed by atoms with Crippen molar-refractivity contribution in [1.82, 2.24) is 4.98 Å². The molecule has 222 valence electrons. The highest BCUT2D eigenvalue weighted by molar-refractivity contribution is 7.48. The molecule has 0 spiro atoms. The third kappa shape index (κ3) is 14.5. The van der Waals surface area contributed by atoms with Gasteiger partial charge in [0.1, 0.15) is 17.9 Å². The van der Waals surface area contributed by atoms with E-state index < -0.39 is 13.9 Å². The number of ether oxygens (including phenoxy) is 2. The second-order valence-corrected chi connectivity index (χ2v) is 11.8. The lowest BCUT2D eigenvalue weighted by Crippen LogP contribution is -2.29. The summed E-state index contributed by atoms with van der Waals surface area (Å²) in [4.78, 5) is 4.15. The van der Waals surface area contributed by atoms with Crippen LogP contribution < -0.4 is 9.26 Å². The van der Waals surface area contributed by atoms with Crippen molar-refractivity contribution in [3.63, 3.8) is 0 Å². The number of para-hydroxylation sites is 1. The minimum atomic E-state index is -3.98. The number of phosphoric acid groups is 1. The summed E-state index contributed by atoms with van der Waals surface area (Å²) in [5.74, 6) is 0.477. The lowest BCUT2D eigenvalue weighted by molar-refractivity contribution is 0.0152. The van der Waals surface area contributed by atoms with Crippen LogP contribution in [0.2, 0.25) is 5.02 Å². The minimum Gasteiger partial charge on any atom is -0.469 e. The van der Waals surface area contributed by atoms with Crippen molar-refractivity contribution in [2.24, 2.45) is 0 Å². The monoisotopic (exact) mass is 594 g/mol. The van der Waals surface area contributed by atoms with Crippen molar-refractivity contribution in [1.29, 1.82) is 5.26 Å². The molecule has 0 fully saturated rings. The van der Waals surface area contributed by atoms with Crippen LogP contribution in [-0.2, 0) is 18.3 Å². The molecule has 2 rings (SSSR count). The first-order chi connectivity index (χ1) is 19.5. The van der Waals surface area contributed by atoms with Crippen LogP contribution >= 0.6 is 19.4 Å². The van der Waals surface area contributed by atoms with Crippen LogP contribution in [-0.4, -0.2) is 38.0 Å². The van der Waals surface area contributed by atoms with Crippen LogP contribution in [0, 0.1) is 11.3 Å². The first-order valence-corrected chi connectivity index (χ1v) is 16.2. The molecule has 0 aliphatic rings. The molecule has 0 saturated carbocycles. The Morgan fingerprint density at radius 3 is 2.15 bits per heavy atom. The van der Waals surface area contributed by atoms with Crippen LogP contribution in [0.3, 0.4) is 0 Å². The van der Waals surface area contributed by atoms with Crippen molar-refractivity contribution in [2.45, 2.75) is 90.1 Å². The fourth-order valence-electron chi connectivity index (χ4n) is 3.99. The van der Waals surface area contributed by atoms with E-state index >= 15 is 0 Å². The van der Waals surface area contributed by atoms with E-state index in [1.807, 2.05) is 6.07 Å². The van der Waals surface area contributed by atoms with Gasteiger partial charge in [0.25, 0.3) is 0 Å². The highest BCUT2D eigenvalue weighted by Crippen LogP contribution is 2.50. The molecule has 0 aliphatic carbocycles. The van der Waals surface area contributed by atoms with Gasteiger partial charge in [-0.1, -0.05) is 101 Å². The Morgan fingerprint density at radius 2 is 1.57 bits per heavy atom. The Bertz CT molecular complexity index is 1030. The van der Waals surface area contributed by atoms with Gasteiger partial charge in [-0.05, 0) is 24.6 Å². The van der Waals surface area contributed by atoms with Crippen LogP contribution in [0.1, 0.15) is 89.5 Å². The van der Waals surface area contributed by atoms with Crippen molar-refractivity contribution in [3.05, 3.63) is 53.2 Å². The van der Waals surface area contributed by atoms with Gasteiger partial charge in [-0.2, -0.15) is 5.26 Å². The third-order valence-electron chi connectivity index (χ3n) is 6.29. The normalized spacial score (nSPS) is 13.3. The number of aromatic nitrogens is 1. The quantitative estimate of drug-likeness (QED) is 0.0928. The van der Waals surface area contributed by atoms with Gasteiger partial charge in [0, 0.05) is 26.0 Å². The van der Waals surface area contributed by atoms with E-state index in [0.717, 1.165) is 12.8 Å². The maximum atomic E-state index is 13.1. The van der Waals surface area contributed by atoms with Gasteiger partial charge in [-0.3, -0.25) is 9.05 Å². The van der Waals surface area contributed by atoms with Gasteiger partial charge in [-0.25, -0.2) is 9.55 Å². The SMILES string of the molecule is CCCCCCCCCCCCCCOC[C@H](COP(=O)(OC)Oc1ccccc1Cl)Oc1ccc(C#N)cn1. The number of nitrogens with zero attached hydrogens (tertiary/aromatic N) is 2. The zero-order valence-corrected chi connectivity index (χ0v) is 25.5. The molecule has 0 bridgehead atoms. The minimum absolute atomic E-state index is 0.143. The molecule has 0 N–H and O–H groups in total. The molecule has 1 unspecified atom stereocenters. The number of benzene rings is 1. The van der Waals surface area contributed by atoms with E-state index in [1.165, 1.54) is 77.5 Å². The predicted molar refractivity (Wildman–Crippen MR) is 158 cm³/mol. The van der Waals surface area contributed by atoms with Crippen molar-refractivity contribution >= 4 is 19.4 Å². The first-order valence-electron chi connectivity index (χ1n) is 14.3. The molecule has 1 aromatic heterocycles. The molecule has 40 heavy (non-hydrogen) atoms. The summed E-state index contributed by atoms with van der Waals surface area (Å²) in [7, 11) is -2.74. The van der Waals surface area contributed by atoms with E-state index in [4.69, 9.17) is 39.9 Å². The molecule has 0 radical (unpaired) electrons. The summed E-state index contributed by atoms with van der Waals surface area (Å²) in [6.07, 6.45) is 16.1. The molecule has 0 amide bonds. The molecular formula is C30H44ClN2O6P. The summed E-state index contributed by atoms with van der Waals surface area (Å²) in [6.45, 7) is 2.88. The zero-order chi connectivity index (χ0) is 28.9. The van der Waals surface area contributed by atoms with E-state index in [2.05, 4.69) is 11.9 Å². The summed E-state index contributed by atoms with van der Waals surface area (Å²) in [6, 6.07) is 11.8. The Hall–Kier alpha value is -2.14. The number of unbranched alkanes of at least 4 members (excludes halogenated alkanes) is 11. The van der Waals surface area contributed by atoms with Crippen LogP contribution in [0.25, 0.3) is 0 Å². The average Bonchev–Trinajstić information content (AvgIpc) is 2.97. The lowest BCUT2D eigenvalue weighted by atomic mass is 10.1. The molecule has 0 saturated heterocycles. The number of halogens is 1. The largest absolute Gasteiger partial charge is 0.529 e. The number of hydrogen-bond donors (Lipinski definition) is 0. The summed E-state index contributed by atoms with van der Waals surface area (Å²) < 4.78 is 40.9. The second-order valence-electron chi connectivity index (χ2n) is 9.65. The lowest BCUT2D eigenvalue weighted by Gasteiger charge is -2.22. The first kappa shape index (κ1) is 34.1. The van der Waals surface area contributed by atoms with Gasteiger partial charge in [0.15, 0.2) is 0 Å². The smallest absolute Gasteiger partial charge is 0.469 e. The number of rotatable bonds is 23. The maximum Gasteiger partial charge on any atom is 0.529 e. The van der Waals surface area contributed by atoms with E-state index in [1.54, 1.807) is 36.4 Å². The Balaban J connectivity index is 1.75. The third-order valence-corrected chi connectivity index (χ3v) is 7.93. The van der Waals surface area contributed by atoms with E-state index in [9.17, 15) is 4.57 Å². The van der Waals surface area contributed by atoms with Crippen LogP contribution in [0.4, 0.5) is 0 Å². The van der Waals surface area contributed by atoms with E-state index in [-0.39, 0.29) is 24.0 Å². The average molecular weight is 595 g/mol. The van der Waals surface area contributed by atoms with Gasteiger partial charge < -0.3 is 14.0 Å². The topological polar surface area (TPSA) is 99.9 Å². The number of nitriles is 1. The number of pyridine rings is 1. The predicted octanol–water partition coefficient (Wildman–Crippen LogP) is 8.92. The number of hydrogen-bond acceptors (Lipinski definition) is 8. The molecule has 1 heterocycles. The maximum absolute atomic E-state index is 13.1. The van der Waals surface area contributed by atoms with Gasteiger partial charge >= 0.3 is 7.82 Å². The van der Waals surface area contributed by atoms with Gasteiger partial charge in [0.05, 0.1) is 23.8 Å². The molecule has 8 nitrogen and oxygen atoms in total. The second kappa shape index (κ2) is 20.7. The summed E-state index contributed by atoms with van der Waals surface area (Å²) >= 11 is 6.12. The van der Waals surface area contributed by atoms with Crippen molar-refractivity contribution < 1.29 is 27.6 Å². The molecule has 2 aromatic rings. The summed E-state index contributed by atoms with van der Waals surface area (Å²) in [5, 5.41) is 9.29. The standard InChI is InChI=1S/C30H44ClN2O6P/c1-3-4-5-6-7-8-9-10-11-12-13-16-21-36-24-27(38-30-20-19-26(22-32)23-33-30)25-37-40(34,35-2)39-29-18-15-14-17-28(29)31/h14-15,17-20,23,27H,3-13,16,21,24-25H2,1-2H3/t27-,40?/m1/s1. The fourth-order valence-corrected chi connectivity index (χ4v) is 5.20. The highest BCUT2D eigenvalue weighted by atomic mass is 35.5. The molecular weight excluding hydrogens is 551 g/mol. The fraction of sp³-hybridized carbons (Fsp3) is 0.600. The van der Waals surface area contributed by atoms with Crippen LogP contribution in [0.15, 0.2) is 42.6 Å². The molecule has 2 atom stereocenters. The Labute approximate surface area is 244 Å². The molecule has 0 aliphatic heterocycles. The summed E-state index contributed by atoms with van der Waals surface area (Å²) in [5.41, 5.74) is 0.417.